The summed E-state index contributed by atoms with van der Waals surface area (Å²) in [5.74, 6) is -0.359. The predicted molar refractivity (Wildman–Crippen MR) is 88.3 cm³/mol. The van der Waals surface area contributed by atoms with Crippen LogP contribution in [-0.2, 0) is 4.79 Å². The Kier molecular flexibility index (Phi) is 5.60. The van der Waals surface area contributed by atoms with Crippen molar-refractivity contribution in [2.24, 2.45) is 0 Å². The van der Waals surface area contributed by atoms with Gasteiger partial charge < -0.3 is 5.32 Å². The van der Waals surface area contributed by atoms with E-state index in [1.54, 1.807) is 12.1 Å². The zero-order valence-electron chi connectivity index (χ0n) is 12.0. The molecule has 2 rings (SSSR count). The Labute approximate surface area is 133 Å². The van der Waals surface area contributed by atoms with E-state index in [2.05, 4.69) is 10.6 Å². The number of nitro benzene ring substituents is 1. The summed E-state index contributed by atoms with van der Waals surface area (Å²) in [6.45, 7) is 0. The van der Waals surface area contributed by atoms with Gasteiger partial charge in [0, 0.05) is 24.3 Å². The summed E-state index contributed by atoms with van der Waals surface area (Å²) >= 11 is 5.09. The van der Waals surface area contributed by atoms with Gasteiger partial charge in [0.1, 0.15) is 0 Å². The van der Waals surface area contributed by atoms with Gasteiger partial charge >= 0.3 is 0 Å². The van der Waals surface area contributed by atoms with Gasteiger partial charge in [-0.25, -0.2) is 0 Å². The minimum absolute atomic E-state index is 0.0130. The monoisotopic (exact) mass is 319 g/mol. The molecule has 1 aromatic rings. The van der Waals surface area contributed by atoms with Crippen molar-refractivity contribution in [3.05, 3.63) is 46.0 Å². The molecule has 0 bridgehead atoms. The lowest BCUT2D eigenvalue weighted by atomic mass is 10.2. The second kappa shape index (κ2) is 7.65. The Morgan fingerprint density at radius 2 is 2.09 bits per heavy atom. The molecule has 1 fully saturated rings. The van der Waals surface area contributed by atoms with Crippen LogP contribution in [-0.4, -0.2) is 22.0 Å². The van der Waals surface area contributed by atoms with Gasteiger partial charge in [-0.2, -0.15) is 0 Å². The van der Waals surface area contributed by atoms with E-state index in [-0.39, 0.29) is 11.6 Å². The Hall–Kier alpha value is -2.28. The number of nitrogens with zero attached hydrogens (tertiary/aromatic N) is 1. The smallest absolute Gasteiger partial charge is 0.270 e. The molecule has 0 radical (unpaired) electrons. The van der Waals surface area contributed by atoms with Crippen LogP contribution >= 0.6 is 12.2 Å². The number of hydrogen-bond donors (Lipinski definition) is 2. The number of rotatable bonds is 4. The van der Waals surface area contributed by atoms with E-state index in [1.807, 2.05) is 0 Å². The van der Waals surface area contributed by atoms with Crippen molar-refractivity contribution < 1.29 is 9.72 Å². The highest BCUT2D eigenvalue weighted by atomic mass is 32.1. The van der Waals surface area contributed by atoms with Crippen LogP contribution in [0.25, 0.3) is 6.08 Å². The average Bonchev–Trinajstić information content (AvgIpc) is 2.98. The Morgan fingerprint density at radius 3 is 2.77 bits per heavy atom. The third-order valence-electron chi connectivity index (χ3n) is 3.44. The highest BCUT2D eigenvalue weighted by molar-refractivity contribution is 7.80. The summed E-state index contributed by atoms with van der Waals surface area (Å²) in [6, 6.07) is 6.40. The second-order valence-electron chi connectivity index (χ2n) is 5.13. The molecule has 0 heterocycles. The first kappa shape index (κ1) is 16.1. The first-order valence-electron chi connectivity index (χ1n) is 7.08. The molecular formula is C15H17N3O3S. The normalized spacial score (nSPS) is 14.9. The number of amides is 1. The van der Waals surface area contributed by atoms with Gasteiger partial charge in [0.05, 0.1) is 4.92 Å². The molecule has 0 aromatic heterocycles. The van der Waals surface area contributed by atoms with Crippen molar-refractivity contribution in [3.63, 3.8) is 0 Å². The number of thiocarbonyl (C=S) groups is 1. The molecule has 0 atom stereocenters. The summed E-state index contributed by atoms with van der Waals surface area (Å²) < 4.78 is 0. The highest BCUT2D eigenvalue weighted by Gasteiger charge is 2.15. The quantitative estimate of drug-likeness (QED) is 0.385. The molecular weight excluding hydrogens is 302 g/mol. The topological polar surface area (TPSA) is 84.3 Å². The van der Waals surface area contributed by atoms with Crippen molar-refractivity contribution in [1.82, 2.24) is 10.6 Å². The largest absolute Gasteiger partial charge is 0.360 e. The van der Waals surface area contributed by atoms with Gasteiger partial charge in [0.15, 0.2) is 5.11 Å². The third-order valence-corrected chi connectivity index (χ3v) is 3.66. The number of nitro groups is 1. The van der Waals surface area contributed by atoms with Crippen LogP contribution < -0.4 is 10.6 Å². The van der Waals surface area contributed by atoms with E-state index < -0.39 is 4.92 Å². The Balaban J connectivity index is 1.86. The molecule has 1 aliphatic carbocycles. The maximum Gasteiger partial charge on any atom is 0.270 e. The molecule has 22 heavy (non-hydrogen) atoms. The molecule has 116 valence electrons. The molecule has 0 aliphatic heterocycles. The van der Waals surface area contributed by atoms with Gasteiger partial charge in [-0.1, -0.05) is 25.0 Å². The number of hydrogen-bond acceptors (Lipinski definition) is 4. The van der Waals surface area contributed by atoms with Crippen LogP contribution in [0.15, 0.2) is 30.3 Å². The van der Waals surface area contributed by atoms with Gasteiger partial charge in [-0.05, 0) is 36.7 Å². The lowest BCUT2D eigenvalue weighted by molar-refractivity contribution is -0.384. The molecule has 1 aromatic carbocycles. The molecule has 0 spiro atoms. The summed E-state index contributed by atoms with van der Waals surface area (Å²) in [4.78, 5) is 22.0. The minimum Gasteiger partial charge on any atom is -0.360 e. The number of carbonyl (C=O) groups excluding carboxylic acids is 1. The summed E-state index contributed by atoms with van der Waals surface area (Å²) in [5, 5.41) is 16.7. The fraction of sp³-hybridized carbons (Fsp3) is 0.333. The predicted octanol–water partition coefficient (Wildman–Crippen LogP) is 2.54. The summed E-state index contributed by atoms with van der Waals surface area (Å²) in [7, 11) is 0. The standard InChI is InChI=1S/C15H17N3O3S/c19-14(17-15(22)16-12-5-1-2-6-12)9-8-11-4-3-7-13(10-11)18(20)21/h3-4,7-10,12H,1-2,5-6H2,(H2,16,17,19,22)/b9-8+. The molecule has 2 N–H and O–H groups in total. The fourth-order valence-corrected chi connectivity index (χ4v) is 2.63. The molecule has 1 aliphatic rings. The van der Waals surface area contributed by atoms with E-state index >= 15 is 0 Å². The van der Waals surface area contributed by atoms with Crippen molar-refractivity contribution in [2.75, 3.05) is 0 Å². The lowest BCUT2D eigenvalue weighted by Crippen LogP contribution is -2.42. The van der Waals surface area contributed by atoms with Crippen LogP contribution in [0.1, 0.15) is 31.2 Å². The third kappa shape index (κ3) is 4.92. The number of non-ortho nitro benzene ring substituents is 1. The van der Waals surface area contributed by atoms with Gasteiger partial charge in [0.25, 0.3) is 5.69 Å². The Bertz CT molecular complexity index is 610. The van der Waals surface area contributed by atoms with E-state index in [1.165, 1.54) is 37.1 Å². The number of benzene rings is 1. The average molecular weight is 319 g/mol. The highest BCUT2D eigenvalue weighted by Crippen LogP contribution is 2.17. The van der Waals surface area contributed by atoms with Crippen LogP contribution in [0.3, 0.4) is 0 Å². The maximum atomic E-state index is 11.8. The number of carbonyl (C=O) groups is 1. The molecule has 7 heteroatoms. The Morgan fingerprint density at radius 1 is 1.36 bits per heavy atom. The van der Waals surface area contributed by atoms with E-state index in [4.69, 9.17) is 12.2 Å². The fourth-order valence-electron chi connectivity index (χ4n) is 2.36. The van der Waals surface area contributed by atoms with Crippen molar-refractivity contribution >= 4 is 35.0 Å². The zero-order chi connectivity index (χ0) is 15.9. The molecule has 0 unspecified atom stereocenters. The second-order valence-corrected chi connectivity index (χ2v) is 5.54. The van der Waals surface area contributed by atoms with Crippen LogP contribution in [0.2, 0.25) is 0 Å². The summed E-state index contributed by atoms with van der Waals surface area (Å²) in [6.07, 6.45) is 7.32. The van der Waals surface area contributed by atoms with Crippen LogP contribution in [0.5, 0.6) is 0 Å². The van der Waals surface area contributed by atoms with E-state index in [0.717, 1.165) is 12.8 Å². The van der Waals surface area contributed by atoms with Gasteiger partial charge in [0.2, 0.25) is 5.91 Å². The van der Waals surface area contributed by atoms with Crippen LogP contribution in [0.4, 0.5) is 5.69 Å². The minimum atomic E-state index is -0.474. The first-order chi connectivity index (χ1) is 10.5. The lowest BCUT2D eigenvalue weighted by Gasteiger charge is -2.13. The van der Waals surface area contributed by atoms with Crippen molar-refractivity contribution in [3.8, 4) is 0 Å². The maximum absolute atomic E-state index is 11.8. The molecule has 1 amide bonds. The first-order valence-corrected chi connectivity index (χ1v) is 7.49. The van der Waals surface area contributed by atoms with Gasteiger partial charge in [-0.15, -0.1) is 0 Å². The van der Waals surface area contributed by atoms with Crippen LogP contribution in [0, 0.1) is 10.1 Å². The summed E-state index contributed by atoms with van der Waals surface area (Å²) in [5.41, 5.74) is 0.569. The zero-order valence-corrected chi connectivity index (χ0v) is 12.8. The van der Waals surface area contributed by atoms with E-state index in [9.17, 15) is 14.9 Å². The van der Waals surface area contributed by atoms with Crippen molar-refractivity contribution in [2.45, 2.75) is 31.7 Å². The van der Waals surface area contributed by atoms with E-state index in [0.29, 0.717) is 16.7 Å². The molecule has 1 saturated carbocycles. The molecule has 0 saturated heterocycles. The number of nitrogens with one attached hydrogen (secondary N) is 2. The molecule has 6 nitrogen and oxygen atoms in total. The van der Waals surface area contributed by atoms with Crippen molar-refractivity contribution in [1.29, 1.82) is 0 Å². The SMILES string of the molecule is O=C(/C=C/c1cccc([N+](=O)[O-])c1)NC(=S)NC1CCCC1. The van der Waals surface area contributed by atoms with Gasteiger partial charge in [-0.3, -0.25) is 20.2 Å².